The quantitative estimate of drug-likeness (QED) is 0.655. The van der Waals surface area contributed by atoms with E-state index < -0.39 is 0 Å². The number of nitrogens with zero attached hydrogens (tertiary/aromatic N) is 6. The van der Waals surface area contributed by atoms with E-state index in [4.69, 9.17) is 20.3 Å². The molecule has 32 heavy (non-hydrogen) atoms. The van der Waals surface area contributed by atoms with Gasteiger partial charge in [0, 0.05) is 56.6 Å². The van der Waals surface area contributed by atoms with Crippen LogP contribution in [0.25, 0.3) is 5.95 Å². The molecule has 2 aliphatic heterocycles. The number of para-hydroxylation sites is 1. The number of anilines is 2. The summed E-state index contributed by atoms with van der Waals surface area (Å²) in [5.74, 6) is 3.40. The topological polar surface area (TPSA) is 94.6 Å². The highest BCUT2D eigenvalue weighted by Gasteiger charge is 2.33. The molecule has 0 unspecified atom stereocenters. The Kier molecular flexibility index (Phi) is 4.83. The van der Waals surface area contributed by atoms with Crippen molar-refractivity contribution in [3.05, 3.63) is 47.9 Å². The molecule has 0 amide bonds. The van der Waals surface area contributed by atoms with E-state index in [9.17, 15) is 0 Å². The van der Waals surface area contributed by atoms with Crippen LogP contribution in [0.15, 0.2) is 36.7 Å². The Balaban J connectivity index is 1.19. The normalized spacial score (nSPS) is 18.7. The van der Waals surface area contributed by atoms with Crippen LogP contribution >= 0.6 is 0 Å². The van der Waals surface area contributed by atoms with E-state index in [2.05, 4.69) is 25.8 Å². The van der Waals surface area contributed by atoms with Gasteiger partial charge < -0.3 is 20.1 Å². The zero-order chi connectivity index (χ0) is 21.5. The van der Waals surface area contributed by atoms with Gasteiger partial charge in [-0.2, -0.15) is 9.78 Å². The van der Waals surface area contributed by atoms with Crippen molar-refractivity contribution in [1.82, 2.24) is 24.6 Å². The number of fused-ring (bicyclic) bond motifs is 1. The largest absolute Gasteiger partial charge is 0.486 e. The van der Waals surface area contributed by atoms with Crippen LogP contribution in [0.5, 0.6) is 11.5 Å². The molecule has 166 valence electrons. The molecule has 1 saturated carbocycles. The molecule has 0 atom stereocenters. The minimum Gasteiger partial charge on any atom is -0.486 e. The van der Waals surface area contributed by atoms with Gasteiger partial charge in [0.05, 0.1) is 11.4 Å². The predicted octanol–water partition coefficient (Wildman–Crippen LogP) is 2.22. The third-order valence-electron chi connectivity index (χ3n) is 6.40. The van der Waals surface area contributed by atoms with E-state index >= 15 is 0 Å². The summed E-state index contributed by atoms with van der Waals surface area (Å²) >= 11 is 0. The van der Waals surface area contributed by atoms with Gasteiger partial charge in [-0.15, -0.1) is 0 Å². The van der Waals surface area contributed by atoms with Crippen molar-refractivity contribution in [3.8, 4) is 17.4 Å². The Labute approximate surface area is 186 Å². The summed E-state index contributed by atoms with van der Waals surface area (Å²) in [6, 6.07) is 7.94. The van der Waals surface area contributed by atoms with E-state index in [1.54, 1.807) is 23.1 Å². The minimum atomic E-state index is 0.506. The smallest absolute Gasteiger partial charge is 0.252 e. The van der Waals surface area contributed by atoms with Gasteiger partial charge in [-0.3, -0.25) is 4.90 Å². The second kappa shape index (κ2) is 7.98. The number of ether oxygens (including phenoxy) is 2. The maximum Gasteiger partial charge on any atom is 0.252 e. The van der Waals surface area contributed by atoms with Gasteiger partial charge in [0.15, 0.2) is 11.5 Å². The highest BCUT2D eigenvalue weighted by Crippen LogP contribution is 2.43. The molecule has 2 fully saturated rings. The number of rotatable bonds is 5. The summed E-state index contributed by atoms with van der Waals surface area (Å²) < 4.78 is 13.4. The summed E-state index contributed by atoms with van der Waals surface area (Å²) in [4.78, 5) is 13.5. The lowest BCUT2D eigenvalue weighted by atomic mass is 10.1. The number of piperazine rings is 1. The summed E-state index contributed by atoms with van der Waals surface area (Å²) in [6.07, 6.45) is 5.79. The highest BCUT2D eigenvalue weighted by atomic mass is 16.6. The van der Waals surface area contributed by atoms with Crippen molar-refractivity contribution in [2.45, 2.75) is 25.3 Å². The summed E-state index contributed by atoms with van der Waals surface area (Å²) in [7, 11) is 0. The van der Waals surface area contributed by atoms with Crippen LogP contribution < -0.4 is 20.1 Å². The second-order valence-corrected chi connectivity index (χ2v) is 8.55. The molecule has 2 N–H and O–H groups in total. The minimum absolute atomic E-state index is 0.506. The predicted molar refractivity (Wildman–Crippen MR) is 120 cm³/mol. The molecular formula is C23H27N7O2. The van der Waals surface area contributed by atoms with E-state index in [0.29, 0.717) is 30.9 Å². The van der Waals surface area contributed by atoms with Crippen LogP contribution in [0.2, 0.25) is 0 Å². The van der Waals surface area contributed by atoms with E-state index in [-0.39, 0.29) is 0 Å². The van der Waals surface area contributed by atoms with Gasteiger partial charge in [0.2, 0.25) is 0 Å². The maximum atomic E-state index is 6.57. The zero-order valence-corrected chi connectivity index (χ0v) is 18.0. The molecule has 4 heterocycles. The van der Waals surface area contributed by atoms with Crippen molar-refractivity contribution in [3.63, 3.8) is 0 Å². The molecule has 1 aromatic carbocycles. The molecule has 0 radical (unpaired) electrons. The van der Waals surface area contributed by atoms with E-state index in [1.807, 2.05) is 12.1 Å². The molecule has 6 rings (SSSR count). The van der Waals surface area contributed by atoms with Gasteiger partial charge >= 0.3 is 0 Å². The molecule has 2 aromatic heterocycles. The Morgan fingerprint density at radius 1 is 0.969 bits per heavy atom. The fraction of sp³-hybridized carbons (Fsp3) is 0.435. The first kappa shape index (κ1) is 19.4. The average molecular weight is 434 g/mol. The van der Waals surface area contributed by atoms with Crippen molar-refractivity contribution in [2.24, 2.45) is 0 Å². The third-order valence-corrected chi connectivity index (χ3v) is 6.40. The number of hydrogen-bond donors (Lipinski definition) is 1. The number of aromatic nitrogens is 4. The Hall–Kier alpha value is -3.33. The Morgan fingerprint density at radius 3 is 2.53 bits per heavy atom. The average Bonchev–Trinajstić information content (AvgIpc) is 3.64. The van der Waals surface area contributed by atoms with Crippen LogP contribution in [0, 0.1) is 0 Å². The lowest BCUT2D eigenvalue weighted by Crippen LogP contribution is -2.46. The standard InChI is InChI=1S/C23H27N7O2/c24-22-17(20(16-5-6-16)27-30(22)23-25-7-2-8-26-23)15-28-9-11-29(12-10-28)18-3-1-4-19-21(18)32-14-13-31-19/h1-4,7-8,16H,5-6,9-15,24H2. The maximum absolute atomic E-state index is 6.57. The molecule has 9 heteroatoms. The summed E-state index contributed by atoms with van der Waals surface area (Å²) in [5.41, 5.74) is 9.92. The number of nitrogen functional groups attached to an aromatic ring is 1. The number of hydrogen-bond acceptors (Lipinski definition) is 8. The number of nitrogens with two attached hydrogens (primary N) is 1. The molecule has 0 spiro atoms. The van der Waals surface area contributed by atoms with Gasteiger partial charge in [-0.05, 0) is 31.0 Å². The molecule has 3 aromatic rings. The van der Waals surface area contributed by atoms with Gasteiger partial charge in [0.1, 0.15) is 19.0 Å². The monoisotopic (exact) mass is 433 g/mol. The summed E-state index contributed by atoms with van der Waals surface area (Å²) in [6.45, 7) is 5.74. The molecule has 1 aliphatic carbocycles. The van der Waals surface area contributed by atoms with Gasteiger partial charge in [-0.1, -0.05) is 6.07 Å². The van der Waals surface area contributed by atoms with Crippen LogP contribution in [0.3, 0.4) is 0 Å². The van der Waals surface area contributed by atoms with Gasteiger partial charge in [0.25, 0.3) is 5.95 Å². The zero-order valence-electron chi connectivity index (χ0n) is 18.0. The fourth-order valence-corrected chi connectivity index (χ4v) is 4.56. The Morgan fingerprint density at radius 2 is 1.75 bits per heavy atom. The molecule has 0 bridgehead atoms. The summed E-state index contributed by atoms with van der Waals surface area (Å²) in [5, 5.41) is 4.82. The van der Waals surface area contributed by atoms with Crippen LogP contribution in [-0.4, -0.2) is 64.0 Å². The van der Waals surface area contributed by atoms with Crippen LogP contribution in [0.4, 0.5) is 11.5 Å². The van der Waals surface area contributed by atoms with Crippen molar-refractivity contribution >= 4 is 11.5 Å². The van der Waals surface area contributed by atoms with Gasteiger partial charge in [-0.25, -0.2) is 9.97 Å². The van der Waals surface area contributed by atoms with Crippen LogP contribution in [0.1, 0.15) is 30.0 Å². The highest BCUT2D eigenvalue weighted by molar-refractivity contribution is 5.65. The first-order chi connectivity index (χ1) is 15.8. The third kappa shape index (κ3) is 3.52. The lowest BCUT2D eigenvalue weighted by molar-refractivity contribution is 0.171. The first-order valence-corrected chi connectivity index (χ1v) is 11.3. The fourth-order valence-electron chi connectivity index (χ4n) is 4.56. The second-order valence-electron chi connectivity index (χ2n) is 8.55. The van der Waals surface area contributed by atoms with Crippen molar-refractivity contribution in [1.29, 1.82) is 0 Å². The first-order valence-electron chi connectivity index (χ1n) is 11.3. The van der Waals surface area contributed by atoms with Crippen LogP contribution in [-0.2, 0) is 6.54 Å². The molecule has 3 aliphatic rings. The molecule has 1 saturated heterocycles. The number of benzene rings is 1. The van der Waals surface area contributed by atoms with E-state index in [0.717, 1.165) is 61.2 Å². The lowest BCUT2D eigenvalue weighted by Gasteiger charge is -2.37. The molecular weight excluding hydrogens is 406 g/mol. The van der Waals surface area contributed by atoms with E-state index in [1.165, 1.54) is 12.8 Å². The molecule has 9 nitrogen and oxygen atoms in total. The van der Waals surface area contributed by atoms with Crippen molar-refractivity contribution < 1.29 is 9.47 Å². The SMILES string of the molecule is Nc1c(CN2CCN(c3cccc4c3OCCO4)CC2)c(C2CC2)nn1-c1ncccn1. The Bertz CT molecular complexity index is 1110. The van der Waals surface area contributed by atoms with Crippen molar-refractivity contribution in [2.75, 3.05) is 50.0 Å².